The molecule has 0 spiro atoms. The largest absolute Gasteiger partial charge is 0.354 e. The van der Waals surface area contributed by atoms with Crippen molar-refractivity contribution in [3.8, 4) is 44.5 Å². The Labute approximate surface area is 336 Å². The number of para-hydroxylation sites is 4. The Morgan fingerprint density at radius 2 is 0.983 bits per heavy atom. The zero-order valence-corrected chi connectivity index (χ0v) is 32.1. The summed E-state index contributed by atoms with van der Waals surface area (Å²) in [5.41, 5.74) is 14.8. The normalized spacial score (nSPS) is 11.9. The minimum atomic E-state index is 0.888. The SMILES string of the molecule is CCn1c2ccccc2c2cccc(-c3cccc4c(-c5ccc6cccc(-c7ccccc7)c6c5)c5cccc(-c6cccc7c6[nH]c6ccccc67)c5cc34)c21. The minimum Gasteiger partial charge on any atom is -0.354 e. The van der Waals surface area contributed by atoms with E-state index in [2.05, 4.69) is 211 Å². The summed E-state index contributed by atoms with van der Waals surface area (Å²) in [6.45, 7) is 3.15. The predicted molar refractivity (Wildman–Crippen MR) is 249 cm³/mol. The highest BCUT2D eigenvalue weighted by Crippen LogP contribution is 2.47. The molecule has 0 saturated carbocycles. The van der Waals surface area contributed by atoms with Gasteiger partial charge in [0.15, 0.2) is 0 Å². The molecule has 0 radical (unpaired) electrons. The summed E-state index contributed by atoms with van der Waals surface area (Å²) < 4.78 is 2.50. The molecular formula is C56H38N2. The summed E-state index contributed by atoms with van der Waals surface area (Å²) >= 11 is 0. The number of aromatic amines is 1. The molecule has 0 aliphatic heterocycles. The number of benzene rings is 10. The Morgan fingerprint density at radius 3 is 1.78 bits per heavy atom. The van der Waals surface area contributed by atoms with Crippen molar-refractivity contribution in [3.63, 3.8) is 0 Å². The molecule has 12 rings (SSSR count). The number of fused-ring (bicyclic) bond motifs is 9. The standard InChI is InChI=1S/C56H38N2/c1-2-58-53-30-9-7-19-42(53)48-28-14-27-47(56(48)58)40-22-12-24-44-51(40)34-50-39(45-25-13-26-46-41-18-6-8-29-52(41)57-55(45)46)21-11-23-43(50)54(44)37-32-31-36-17-10-20-38(49(36)33-37)35-15-4-3-5-16-35/h3-34,57H,2H2,1H3. The molecule has 0 atom stereocenters. The second kappa shape index (κ2) is 12.8. The minimum absolute atomic E-state index is 0.888. The summed E-state index contributed by atoms with van der Waals surface area (Å²) in [7, 11) is 0. The first-order chi connectivity index (χ1) is 28.7. The van der Waals surface area contributed by atoms with Gasteiger partial charge >= 0.3 is 0 Å². The zero-order chi connectivity index (χ0) is 38.3. The summed E-state index contributed by atoms with van der Waals surface area (Å²) in [5.74, 6) is 0. The lowest BCUT2D eigenvalue weighted by Crippen LogP contribution is -1.96. The lowest BCUT2D eigenvalue weighted by Gasteiger charge is -2.19. The van der Waals surface area contributed by atoms with Crippen LogP contribution < -0.4 is 0 Å². The van der Waals surface area contributed by atoms with Crippen LogP contribution in [0, 0.1) is 0 Å². The third-order valence-electron chi connectivity index (χ3n) is 12.5. The van der Waals surface area contributed by atoms with E-state index in [1.807, 2.05) is 0 Å². The molecule has 58 heavy (non-hydrogen) atoms. The molecule has 2 heteroatoms. The number of rotatable bonds is 5. The average Bonchev–Trinajstić information content (AvgIpc) is 3.84. The highest BCUT2D eigenvalue weighted by atomic mass is 15.0. The Hall–Kier alpha value is -7.42. The molecule has 2 aromatic heterocycles. The van der Waals surface area contributed by atoms with Gasteiger partial charge in [-0.25, -0.2) is 0 Å². The van der Waals surface area contributed by atoms with Crippen LogP contribution in [0.25, 0.3) is 120 Å². The fourth-order valence-electron chi connectivity index (χ4n) is 10.00. The Kier molecular flexibility index (Phi) is 7.24. The van der Waals surface area contributed by atoms with Crippen LogP contribution in [-0.2, 0) is 6.54 Å². The fourth-order valence-corrected chi connectivity index (χ4v) is 10.00. The maximum atomic E-state index is 3.82. The van der Waals surface area contributed by atoms with Gasteiger partial charge in [-0.2, -0.15) is 0 Å². The van der Waals surface area contributed by atoms with Crippen molar-refractivity contribution in [1.29, 1.82) is 0 Å². The van der Waals surface area contributed by atoms with Crippen molar-refractivity contribution in [2.45, 2.75) is 13.5 Å². The monoisotopic (exact) mass is 738 g/mol. The predicted octanol–water partition coefficient (Wildman–Crippen LogP) is 15.6. The number of nitrogens with zero attached hydrogens (tertiary/aromatic N) is 1. The van der Waals surface area contributed by atoms with Crippen LogP contribution in [0.4, 0.5) is 0 Å². The highest BCUT2D eigenvalue weighted by Gasteiger charge is 2.21. The molecule has 2 heterocycles. The summed E-state index contributed by atoms with van der Waals surface area (Å²) in [5, 5.41) is 12.6. The van der Waals surface area contributed by atoms with E-state index in [1.54, 1.807) is 0 Å². The van der Waals surface area contributed by atoms with Crippen LogP contribution in [0.1, 0.15) is 6.92 Å². The van der Waals surface area contributed by atoms with Gasteiger partial charge < -0.3 is 9.55 Å². The van der Waals surface area contributed by atoms with E-state index in [4.69, 9.17) is 0 Å². The molecule has 0 fully saturated rings. The molecular weight excluding hydrogens is 701 g/mol. The molecule has 10 aromatic carbocycles. The molecule has 0 unspecified atom stereocenters. The third kappa shape index (κ3) is 4.79. The summed E-state index contributed by atoms with van der Waals surface area (Å²) in [4.78, 5) is 3.82. The molecule has 0 bridgehead atoms. The molecule has 0 aliphatic rings. The number of aryl methyl sites for hydroxylation is 1. The number of hydrogen-bond donors (Lipinski definition) is 1. The van der Waals surface area contributed by atoms with Gasteiger partial charge in [-0.1, -0.05) is 170 Å². The van der Waals surface area contributed by atoms with E-state index in [1.165, 1.54) is 115 Å². The van der Waals surface area contributed by atoms with E-state index < -0.39 is 0 Å². The quantitative estimate of drug-likeness (QED) is 0.170. The van der Waals surface area contributed by atoms with Gasteiger partial charge in [0.25, 0.3) is 0 Å². The second-order valence-corrected chi connectivity index (χ2v) is 15.5. The maximum absolute atomic E-state index is 3.82. The number of nitrogens with one attached hydrogen (secondary N) is 1. The Morgan fingerprint density at radius 1 is 0.379 bits per heavy atom. The maximum Gasteiger partial charge on any atom is 0.0571 e. The fraction of sp³-hybridized carbons (Fsp3) is 0.0357. The van der Waals surface area contributed by atoms with Crippen molar-refractivity contribution >= 4 is 75.9 Å². The van der Waals surface area contributed by atoms with Crippen molar-refractivity contribution in [1.82, 2.24) is 9.55 Å². The topological polar surface area (TPSA) is 20.7 Å². The van der Waals surface area contributed by atoms with Crippen LogP contribution in [0.5, 0.6) is 0 Å². The smallest absolute Gasteiger partial charge is 0.0571 e. The van der Waals surface area contributed by atoms with Gasteiger partial charge in [-0.3, -0.25) is 0 Å². The molecule has 0 amide bonds. The lowest BCUT2D eigenvalue weighted by molar-refractivity contribution is 0.828. The van der Waals surface area contributed by atoms with Gasteiger partial charge in [-0.15, -0.1) is 0 Å². The molecule has 2 nitrogen and oxygen atoms in total. The van der Waals surface area contributed by atoms with E-state index >= 15 is 0 Å². The van der Waals surface area contributed by atoms with Gasteiger partial charge in [0, 0.05) is 50.2 Å². The van der Waals surface area contributed by atoms with Crippen molar-refractivity contribution in [2.24, 2.45) is 0 Å². The Bertz CT molecular complexity index is 3600. The van der Waals surface area contributed by atoms with E-state index in [0.717, 1.165) is 12.1 Å². The number of hydrogen-bond acceptors (Lipinski definition) is 0. The Balaban J connectivity index is 1.22. The highest BCUT2D eigenvalue weighted by molar-refractivity contribution is 6.23. The van der Waals surface area contributed by atoms with Gasteiger partial charge in [-0.05, 0) is 96.9 Å². The van der Waals surface area contributed by atoms with E-state index in [9.17, 15) is 0 Å². The van der Waals surface area contributed by atoms with Crippen LogP contribution in [-0.4, -0.2) is 9.55 Å². The first-order valence-corrected chi connectivity index (χ1v) is 20.3. The van der Waals surface area contributed by atoms with Crippen LogP contribution in [0.2, 0.25) is 0 Å². The first kappa shape index (κ1) is 32.8. The molecule has 1 N–H and O–H groups in total. The molecule has 0 saturated heterocycles. The number of aromatic nitrogens is 2. The van der Waals surface area contributed by atoms with E-state index in [0.29, 0.717) is 0 Å². The van der Waals surface area contributed by atoms with Gasteiger partial charge in [0.2, 0.25) is 0 Å². The molecule has 0 aliphatic carbocycles. The zero-order valence-electron chi connectivity index (χ0n) is 32.1. The first-order valence-electron chi connectivity index (χ1n) is 20.3. The average molecular weight is 739 g/mol. The van der Waals surface area contributed by atoms with Crippen molar-refractivity contribution < 1.29 is 0 Å². The van der Waals surface area contributed by atoms with Crippen LogP contribution in [0.15, 0.2) is 194 Å². The van der Waals surface area contributed by atoms with Gasteiger partial charge in [0.1, 0.15) is 0 Å². The van der Waals surface area contributed by atoms with Crippen LogP contribution in [0.3, 0.4) is 0 Å². The second-order valence-electron chi connectivity index (χ2n) is 15.5. The molecule has 12 aromatic rings. The lowest BCUT2D eigenvalue weighted by atomic mass is 9.85. The van der Waals surface area contributed by atoms with Crippen LogP contribution >= 0.6 is 0 Å². The van der Waals surface area contributed by atoms with Crippen molar-refractivity contribution in [3.05, 3.63) is 194 Å². The number of H-pyrrole nitrogens is 1. The third-order valence-corrected chi connectivity index (χ3v) is 12.5. The van der Waals surface area contributed by atoms with Gasteiger partial charge in [0.05, 0.1) is 11.0 Å². The van der Waals surface area contributed by atoms with E-state index in [-0.39, 0.29) is 0 Å². The molecule has 272 valence electrons. The summed E-state index contributed by atoms with van der Waals surface area (Å²) in [6.07, 6.45) is 0. The summed E-state index contributed by atoms with van der Waals surface area (Å²) in [6, 6.07) is 71.9. The van der Waals surface area contributed by atoms with Crippen molar-refractivity contribution in [2.75, 3.05) is 0 Å².